The van der Waals surface area contributed by atoms with Gasteiger partial charge in [0.2, 0.25) is 5.91 Å². The molecule has 2 aromatic rings. The molecule has 4 nitrogen and oxygen atoms in total. The number of hydrogen-bond acceptors (Lipinski definition) is 3. The van der Waals surface area contributed by atoms with Crippen LogP contribution >= 0.6 is 0 Å². The molecule has 2 fully saturated rings. The van der Waals surface area contributed by atoms with E-state index in [0.29, 0.717) is 45.0 Å². The van der Waals surface area contributed by atoms with Gasteiger partial charge in [-0.25, -0.2) is 8.78 Å². The van der Waals surface area contributed by atoms with E-state index in [9.17, 15) is 13.6 Å². The average Bonchev–Trinajstić information content (AvgIpc) is 2.77. The minimum absolute atomic E-state index is 0.118. The van der Waals surface area contributed by atoms with E-state index in [2.05, 4.69) is 4.90 Å². The molecule has 2 aliphatic rings. The van der Waals surface area contributed by atoms with Gasteiger partial charge < -0.3 is 9.64 Å². The van der Waals surface area contributed by atoms with Crippen LogP contribution in [0.25, 0.3) is 0 Å². The van der Waals surface area contributed by atoms with Crippen LogP contribution < -0.4 is 0 Å². The summed E-state index contributed by atoms with van der Waals surface area (Å²) >= 11 is 0. The molecule has 2 atom stereocenters. The first-order valence-electron chi connectivity index (χ1n) is 10.6. The van der Waals surface area contributed by atoms with Gasteiger partial charge in [0.15, 0.2) is 0 Å². The second-order valence-corrected chi connectivity index (χ2v) is 8.40. The first-order chi connectivity index (χ1) is 14.5. The predicted octanol–water partition coefficient (Wildman–Crippen LogP) is 3.74. The molecule has 0 aliphatic carbocycles. The van der Waals surface area contributed by atoms with Gasteiger partial charge in [0.1, 0.15) is 11.6 Å². The number of carbonyl (C=O) groups excluding carboxylic acids is 1. The molecule has 2 saturated heterocycles. The number of nitrogens with zero attached hydrogens (tertiary/aromatic N) is 2. The lowest BCUT2D eigenvalue weighted by molar-refractivity contribution is -0.141. The summed E-state index contributed by atoms with van der Waals surface area (Å²) in [6.07, 6.45) is 0.751. The molecule has 6 heteroatoms. The number of morpholine rings is 1. The predicted molar refractivity (Wildman–Crippen MR) is 111 cm³/mol. The number of amides is 1. The molecule has 0 bridgehead atoms. The third kappa shape index (κ3) is 4.87. The highest BCUT2D eigenvalue weighted by Crippen LogP contribution is 2.33. The van der Waals surface area contributed by atoms with Crippen LogP contribution in [-0.2, 0) is 16.1 Å². The van der Waals surface area contributed by atoms with Crippen molar-refractivity contribution in [1.82, 2.24) is 9.80 Å². The Morgan fingerprint density at radius 1 is 1.07 bits per heavy atom. The van der Waals surface area contributed by atoms with Gasteiger partial charge >= 0.3 is 0 Å². The highest BCUT2D eigenvalue weighted by Gasteiger charge is 2.35. The quantitative estimate of drug-likeness (QED) is 0.764. The lowest BCUT2D eigenvalue weighted by atomic mass is 9.83. The van der Waals surface area contributed by atoms with Crippen molar-refractivity contribution in [2.75, 3.05) is 39.4 Å². The van der Waals surface area contributed by atoms with Gasteiger partial charge in [0.05, 0.1) is 19.1 Å². The van der Waals surface area contributed by atoms with E-state index in [4.69, 9.17) is 4.74 Å². The van der Waals surface area contributed by atoms with Crippen LogP contribution in [0.4, 0.5) is 8.78 Å². The molecule has 2 aromatic carbocycles. The summed E-state index contributed by atoms with van der Waals surface area (Å²) < 4.78 is 32.5. The van der Waals surface area contributed by atoms with Crippen LogP contribution in [0, 0.1) is 24.5 Å². The van der Waals surface area contributed by atoms with Crippen molar-refractivity contribution < 1.29 is 18.3 Å². The molecule has 0 spiro atoms. The fraction of sp³-hybridized carbons (Fsp3) is 0.458. The molecular formula is C24H28F2N2O2. The SMILES string of the molecule is Cc1cc([C@H]2C[C@H](C(=O)N3CCOCC3)CN(Cc3ccc(F)cc3)C2)ccc1F. The highest BCUT2D eigenvalue weighted by molar-refractivity contribution is 5.79. The van der Waals surface area contributed by atoms with Gasteiger partial charge in [-0.2, -0.15) is 0 Å². The Labute approximate surface area is 176 Å². The normalized spacial score (nSPS) is 22.8. The van der Waals surface area contributed by atoms with Crippen LogP contribution in [0.15, 0.2) is 42.5 Å². The summed E-state index contributed by atoms with van der Waals surface area (Å²) in [6.45, 7) is 6.32. The van der Waals surface area contributed by atoms with Crippen molar-refractivity contribution in [2.45, 2.75) is 25.8 Å². The van der Waals surface area contributed by atoms with Crippen LogP contribution in [0.2, 0.25) is 0 Å². The number of ether oxygens (including phenoxy) is 1. The summed E-state index contributed by atoms with van der Waals surface area (Å²) in [4.78, 5) is 17.4. The highest BCUT2D eigenvalue weighted by atomic mass is 19.1. The molecule has 4 rings (SSSR count). The Balaban J connectivity index is 1.55. The molecule has 2 heterocycles. The standard InChI is InChI=1S/C24H28F2N2O2/c1-17-12-19(4-7-23(17)26)20-13-21(24(29)28-8-10-30-11-9-28)16-27(15-20)14-18-2-5-22(25)6-3-18/h2-7,12,20-21H,8-11,13-16H2,1H3/t20-,21-/m0/s1. The van der Waals surface area contributed by atoms with Gasteiger partial charge in [0, 0.05) is 32.7 Å². The molecular weight excluding hydrogens is 386 g/mol. The summed E-state index contributed by atoms with van der Waals surface area (Å²) in [6, 6.07) is 11.8. The number of aryl methyl sites for hydroxylation is 1. The molecule has 0 radical (unpaired) electrons. The second kappa shape index (κ2) is 9.23. The number of halogens is 2. The van der Waals surface area contributed by atoms with Crippen molar-refractivity contribution in [2.24, 2.45) is 5.92 Å². The fourth-order valence-electron chi connectivity index (χ4n) is 4.55. The molecule has 0 unspecified atom stereocenters. The van der Waals surface area contributed by atoms with Crippen LogP contribution in [-0.4, -0.2) is 55.1 Å². The zero-order valence-corrected chi connectivity index (χ0v) is 17.3. The fourth-order valence-corrected chi connectivity index (χ4v) is 4.55. The zero-order valence-electron chi connectivity index (χ0n) is 17.3. The summed E-state index contributed by atoms with van der Waals surface area (Å²) in [5.74, 6) is -0.261. The first kappa shape index (κ1) is 20.9. The van der Waals surface area contributed by atoms with E-state index in [0.717, 1.165) is 24.1 Å². The van der Waals surface area contributed by atoms with Gasteiger partial charge in [-0.3, -0.25) is 9.69 Å². The molecule has 30 heavy (non-hydrogen) atoms. The third-order valence-corrected chi connectivity index (χ3v) is 6.17. The number of rotatable bonds is 4. The van der Waals surface area contributed by atoms with Gasteiger partial charge in [-0.15, -0.1) is 0 Å². The van der Waals surface area contributed by atoms with Crippen LogP contribution in [0.3, 0.4) is 0 Å². The third-order valence-electron chi connectivity index (χ3n) is 6.17. The Kier molecular flexibility index (Phi) is 6.44. The van der Waals surface area contributed by atoms with Crippen LogP contribution in [0.5, 0.6) is 0 Å². The Morgan fingerprint density at radius 2 is 1.80 bits per heavy atom. The van der Waals surface area contributed by atoms with E-state index >= 15 is 0 Å². The largest absolute Gasteiger partial charge is 0.378 e. The minimum Gasteiger partial charge on any atom is -0.378 e. The number of carbonyl (C=O) groups is 1. The van der Waals surface area contributed by atoms with Crippen molar-refractivity contribution in [3.8, 4) is 0 Å². The maximum atomic E-state index is 13.8. The van der Waals surface area contributed by atoms with E-state index in [-0.39, 0.29) is 29.4 Å². The molecule has 160 valence electrons. The number of piperidine rings is 1. The molecule has 0 saturated carbocycles. The molecule has 0 N–H and O–H groups in total. The lowest BCUT2D eigenvalue weighted by Gasteiger charge is -2.40. The summed E-state index contributed by atoms with van der Waals surface area (Å²) in [7, 11) is 0. The maximum Gasteiger partial charge on any atom is 0.227 e. The number of hydrogen-bond donors (Lipinski definition) is 0. The second-order valence-electron chi connectivity index (χ2n) is 8.40. The topological polar surface area (TPSA) is 32.8 Å². The van der Waals surface area contributed by atoms with Crippen LogP contribution in [0.1, 0.15) is 29.0 Å². The minimum atomic E-state index is -0.252. The Morgan fingerprint density at radius 3 is 2.50 bits per heavy atom. The van der Waals surface area contributed by atoms with E-state index in [1.54, 1.807) is 19.1 Å². The van der Waals surface area contributed by atoms with Gasteiger partial charge in [-0.05, 0) is 54.2 Å². The van der Waals surface area contributed by atoms with Crippen molar-refractivity contribution in [3.63, 3.8) is 0 Å². The number of likely N-dealkylation sites (tertiary alicyclic amines) is 1. The van der Waals surface area contributed by atoms with E-state index < -0.39 is 0 Å². The molecule has 2 aliphatic heterocycles. The summed E-state index contributed by atoms with van der Waals surface area (Å²) in [5.41, 5.74) is 2.71. The summed E-state index contributed by atoms with van der Waals surface area (Å²) in [5, 5.41) is 0. The van der Waals surface area contributed by atoms with Crippen molar-refractivity contribution in [3.05, 3.63) is 70.8 Å². The Hall–Kier alpha value is -2.31. The van der Waals surface area contributed by atoms with Crippen molar-refractivity contribution >= 4 is 5.91 Å². The zero-order chi connectivity index (χ0) is 21.1. The first-order valence-corrected chi connectivity index (χ1v) is 10.6. The van der Waals surface area contributed by atoms with E-state index in [1.807, 2.05) is 17.0 Å². The smallest absolute Gasteiger partial charge is 0.227 e. The van der Waals surface area contributed by atoms with Gasteiger partial charge in [-0.1, -0.05) is 24.3 Å². The maximum absolute atomic E-state index is 13.8. The van der Waals surface area contributed by atoms with Crippen molar-refractivity contribution in [1.29, 1.82) is 0 Å². The molecule has 1 amide bonds. The van der Waals surface area contributed by atoms with E-state index in [1.165, 1.54) is 18.2 Å². The van der Waals surface area contributed by atoms with Gasteiger partial charge in [0.25, 0.3) is 0 Å². The monoisotopic (exact) mass is 414 g/mol. The average molecular weight is 414 g/mol. The lowest BCUT2D eigenvalue weighted by Crippen LogP contribution is -2.49. The number of benzene rings is 2. The molecule has 0 aromatic heterocycles. The Bertz CT molecular complexity index is 881.